The summed E-state index contributed by atoms with van der Waals surface area (Å²) in [4.78, 5) is 22.2. The van der Waals surface area contributed by atoms with Gasteiger partial charge in [0.15, 0.2) is 0 Å². The average Bonchev–Trinajstić information content (AvgIpc) is 2.13. The Morgan fingerprint density at radius 2 is 1.94 bits per heavy atom. The fourth-order valence-electron chi connectivity index (χ4n) is 1.22. The first kappa shape index (κ1) is 15.9. The van der Waals surface area contributed by atoms with Crippen LogP contribution in [-0.4, -0.2) is 48.8 Å². The third kappa shape index (κ3) is 8.65. The second-order valence-electron chi connectivity index (χ2n) is 4.85. The van der Waals surface area contributed by atoms with Gasteiger partial charge in [0.05, 0.1) is 6.61 Å². The summed E-state index contributed by atoms with van der Waals surface area (Å²) in [6.45, 7) is 6.06. The Labute approximate surface area is 102 Å². The zero-order valence-corrected chi connectivity index (χ0v) is 10.9. The molecule has 0 aromatic rings. The quantitative estimate of drug-likeness (QED) is 0.587. The summed E-state index contributed by atoms with van der Waals surface area (Å²) in [5, 5.41) is 14.4. The van der Waals surface area contributed by atoms with E-state index < -0.39 is 12.0 Å². The van der Waals surface area contributed by atoms with Crippen molar-refractivity contribution in [1.29, 1.82) is 0 Å². The van der Waals surface area contributed by atoms with Crippen LogP contribution < -0.4 is 10.6 Å². The van der Waals surface area contributed by atoms with Gasteiger partial charge in [0.1, 0.15) is 6.04 Å². The average molecular weight is 246 g/mol. The molecule has 0 saturated carbocycles. The van der Waals surface area contributed by atoms with E-state index in [0.29, 0.717) is 6.54 Å². The molecule has 0 aliphatic carbocycles. The van der Waals surface area contributed by atoms with Crippen LogP contribution >= 0.6 is 0 Å². The first-order valence-corrected chi connectivity index (χ1v) is 5.52. The number of carbonyl (C=O) groups excluding carboxylic acids is 1. The van der Waals surface area contributed by atoms with Gasteiger partial charge in [-0.1, -0.05) is 0 Å². The molecule has 0 aromatic carbocycles. The van der Waals surface area contributed by atoms with Gasteiger partial charge in [-0.15, -0.1) is 0 Å². The van der Waals surface area contributed by atoms with E-state index in [9.17, 15) is 9.59 Å². The second kappa shape index (κ2) is 7.24. The van der Waals surface area contributed by atoms with Crippen LogP contribution in [0, 0.1) is 0 Å². The van der Waals surface area contributed by atoms with Crippen molar-refractivity contribution in [3.8, 4) is 0 Å². The molecule has 0 spiro atoms. The molecule has 0 aliphatic rings. The zero-order valence-electron chi connectivity index (χ0n) is 10.9. The number of methoxy groups -OCH3 is 1. The maximum atomic E-state index is 11.4. The Morgan fingerprint density at radius 3 is 2.35 bits per heavy atom. The predicted molar refractivity (Wildman–Crippen MR) is 63.8 cm³/mol. The number of ether oxygens (including phenoxy) is 1. The summed E-state index contributed by atoms with van der Waals surface area (Å²) in [6.07, 6.45) is 0.241. The summed E-state index contributed by atoms with van der Waals surface area (Å²) in [6, 6.07) is -0.776. The Bertz CT molecular complexity index is 261. The van der Waals surface area contributed by atoms with Crippen LogP contribution in [0.3, 0.4) is 0 Å². The fraction of sp³-hybridized carbons (Fsp3) is 0.818. The Kier molecular flexibility index (Phi) is 6.75. The lowest BCUT2D eigenvalue weighted by atomic mass is 10.1. The fourth-order valence-corrected chi connectivity index (χ4v) is 1.22. The molecule has 1 unspecified atom stereocenters. The Morgan fingerprint density at radius 1 is 1.35 bits per heavy atom. The number of carbonyl (C=O) groups is 2. The van der Waals surface area contributed by atoms with Crippen molar-refractivity contribution >= 4 is 11.9 Å². The molecule has 0 aromatic heterocycles. The molecule has 0 fully saturated rings. The minimum absolute atomic E-state index is 0.0796. The van der Waals surface area contributed by atoms with Crippen molar-refractivity contribution in [1.82, 2.24) is 10.6 Å². The molecule has 1 amide bonds. The van der Waals surface area contributed by atoms with Crippen molar-refractivity contribution in [2.75, 3.05) is 20.3 Å². The van der Waals surface area contributed by atoms with Crippen LogP contribution in [0.4, 0.5) is 0 Å². The topological polar surface area (TPSA) is 87.7 Å². The van der Waals surface area contributed by atoms with Gasteiger partial charge >= 0.3 is 5.97 Å². The summed E-state index contributed by atoms with van der Waals surface area (Å²) in [5.41, 5.74) is -0.268. The molecule has 3 N–H and O–H groups in total. The monoisotopic (exact) mass is 246 g/mol. The van der Waals surface area contributed by atoms with Crippen LogP contribution in [-0.2, 0) is 14.3 Å². The molecular weight excluding hydrogens is 224 g/mol. The lowest BCUT2D eigenvalue weighted by Gasteiger charge is -2.21. The number of rotatable bonds is 7. The molecule has 100 valence electrons. The number of carboxylic acid groups (broad SMARTS) is 1. The van der Waals surface area contributed by atoms with Gasteiger partial charge < -0.3 is 20.5 Å². The van der Waals surface area contributed by atoms with Gasteiger partial charge in [0.25, 0.3) is 0 Å². The summed E-state index contributed by atoms with van der Waals surface area (Å²) >= 11 is 0. The Balaban J connectivity index is 3.88. The van der Waals surface area contributed by atoms with Gasteiger partial charge in [-0.25, -0.2) is 0 Å². The normalized spacial score (nSPS) is 13.2. The van der Waals surface area contributed by atoms with Crippen molar-refractivity contribution in [3.05, 3.63) is 0 Å². The molecule has 0 bridgehead atoms. The smallest absolute Gasteiger partial charge is 0.323 e. The maximum Gasteiger partial charge on any atom is 0.323 e. The highest BCUT2D eigenvalue weighted by molar-refractivity contribution is 5.77. The molecule has 0 saturated heterocycles. The summed E-state index contributed by atoms with van der Waals surface area (Å²) in [7, 11) is 1.43. The first-order valence-electron chi connectivity index (χ1n) is 5.52. The van der Waals surface area contributed by atoms with E-state index in [1.165, 1.54) is 7.11 Å². The Hall–Kier alpha value is -1.14. The lowest BCUT2D eigenvalue weighted by Crippen LogP contribution is -2.44. The van der Waals surface area contributed by atoms with E-state index in [0.717, 1.165) is 0 Å². The van der Waals surface area contributed by atoms with E-state index in [2.05, 4.69) is 10.6 Å². The van der Waals surface area contributed by atoms with E-state index in [-0.39, 0.29) is 24.5 Å². The molecule has 6 nitrogen and oxygen atoms in total. The molecule has 0 aliphatic heterocycles. The molecule has 0 radical (unpaired) electrons. The highest BCUT2D eigenvalue weighted by Gasteiger charge is 2.17. The zero-order chi connectivity index (χ0) is 13.5. The van der Waals surface area contributed by atoms with Gasteiger partial charge in [-0.2, -0.15) is 0 Å². The van der Waals surface area contributed by atoms with E-state index in [1.807, 2.05) is 20.8 Å². The van der Waals surface area contributed by atoms with Crippen molar-refractivity contribution in [2.24, 2.45) is 0 Å². The molecule has 1 atom stereocenters. The number of amides is 1. The molecule has 0 heterocycles. The summed E-state index contributed by atoms with van der Waals surface area (Å²) < 4.78 is 4.76. The number of hydrogen-bond donors (Lipinski definition) is 3. The van der Waals surface area contributed by atoms with Crippen LogP contribution in [0.2, 0.25) is 0 Å². The van der Waals surface area contributed by atoms with Crippen LogP contribution in [0.15, 0.2) is 0 Å². The maximum absolute atomic E-state index is 11.4. The van der Waals surface area contributed by atoms with Crippen molar-refractivity contribution < 1.29 is 19.4 Å². The summed E-state index contributed by atoms with van der Waals surface area (Å²) in [5.74, 6) is -1.09. The molecule has 0 rings (SSSR count). The van der Waals surface area contributed by atoms with Gasteiger partial charge in [0, 0.05) is 25.6 Å². The third-order valence-electron chi connectivity index (χ3n) is 1.89. The van der Waals surface area contributed by atoms with Gasteiger partial charge in [-0.3, -0.25) is 9.59 Å². The van der Waals surface area contributed by atoms with Gasteiger partial charge in [-0.05, 0) is 20.8 Å². The number of carboxylic acids is 1. The number of hydrogen-bond acceptors (Lipinski definition) is 4. The minimum Gasteiger partial charge on any atom is -0.480 e. The third-order valence-corrected chi connectivity index (χ3v) is 1.89. The highest BCUT2D eigenvalue weighted by atomic mass is 16.5. The second-order valence-corrected chi connectivity index (χ2v) is 4.85. The molecule has 6 heteroatoms. The van der Waals surface area contributed by atoms with E-state index >= 15 is 0 Å². The number of aliphatic carboxylic acids is 1. The highest BCUT2D eigenvalue weighted by Crippen LogP contribution is 1.98. The number of nitrogens with one attached hydrogen (secondary N) is 2. The SMILES string of the molecule is COCC(NCCC(=O)NC(C)(C)C)C(=O)O. The lowest BCUT2D eigenvalue weighted by molar-refractivity contribution is -0.141. The van der Waals surface area contributed by atoms with Crippen LogP contribution in [0.25, 0.3) is 0 Å². The molecule has 17 heavy (non-hydrogen) atoms. The first-order chi connectivity index (χ1) is 7.76. The minimum atomic E-state index is -0.983. The standard InChI is InChI=1S/C11H22N2O4/c1-11(2,3)13-9(14)5-6-12-8(7-17-4)10(15)16/h8,12H,5-7H2,1-4H3,(H,13,14)(H,15,16). The van der Waals surface area contributed by atoms with E-state index in [4.69, 9.17) is 9.84 Å². The van der Waals surface area contributed by atoms with Crippen LogP contribution in [0.5, 0.6) is 0 Å². The van der Waals surface area contributed by atoms with Crippen molar-refractivity contribution in [3.63, 3.8) is 0 Å². The van der Waals surface area contributed by atoms with E-state index in [1.54, 1.807) is 0 Å². The van der Waals surface area contributed by atoms with Crippen LogP contribution in [0.1, 0.15) is 27.2 Å². The van der Waals surface area contributed by atoms with Crippen molar-refractivity contribution in [2.45, 2.75) is 38.8 Å². The predicted octanol–water partition coefficient (Wildman–Crippen LogP) is -0.0196. The van der Waals surface area contributed by atoms with Gasteiger partial charge in [0.2, 0.25) is 5.91 Å². The molecular formula is C11H22N2O4. The largest absolute Gasteiger partial charge is 0.480 e.